The summed E-state index contributed by atoms with van der Waals surface area (Å²) in [6.07, 6.45) is 1.75. The number of hydrogen-bond acceptors (Lipinski definition) is 4. The van der Waals surface area contributed by atoms with Crippen LogP contribution >= 0.6 is 7.82 Å². The van der Waals surface area contributed by atoms with Crippen LogP contribution in [0.4, 0.5) is 4.39 Å². The minimum absolute atomic E-state index is 0.0701. The van der Waals surface area contributed by atoms with Crippen molar-refractivity contribution in [2.75, 3.05) is 13.2 Å². The molecule has 0 saturated carbocycles. The van der Waals surface area contributed by atoms with Crippen molar-refractivity contribution in [3.63, 3.8) is 0 Å². The maximum absolute atomic E-state index is 14.5. The third kappa shape index (κ3) is 5.91. The van der Waals surface area contributed by atoms with Crippen molar-refractivity contribution < 1.29 is 22.5 Å². The van der Waals surface area contributed by atoms with Gasteiger partial charge in [-0.05, 0) is 20.3 Å². The average Bonchev–Trinajstić information content (AvgIpc) is 2.51. The Kier molecular flexibility index (Phi) is 8.39. The van der Waals surface area contributed by atoms with Gasteiger partial charge in [0.2, 0.25) is 0 Å². The molecule has 0 aliphatic heterocycles. The van der Waals surface area contributed by atoms with Crippen LogP contribution in [-0.2, 0) is 18.1 Å². The summed E-state index contributed by atoms with van der Waals surface area (Å²) in [7, 11) is -3.82. The lowest BCUT2D eigenvalue weighted by molar-refractivity contribution is 0.158. The van der Waals surface area contributed by atoms with Crippen LogP contribution in [-0.4, -0.2) is 13.2 Å². The third-order valence-corrected chi connectivity index (χ3v) is 4.36. The highest BCUT2D eigenvalue weighted by Gasteiger charge is 2.30. The maximum Gasteiger partial charge on any atom is 0.530 e. The Labute approximate surface area is 131 Å². The summed E-state index contributed by atoms with van der Waals surface area (Å²) in [6.45, 7) is 5.62. The molecular weight excluding hydrogens is 306 g/mol. The Morgan fingerprint density at radius 1 is 1.09 bits per heavy atom. The fourth-order valence-corrected chi connectivity index (χ4v) is 3.05. The lowest BCUT2D eigenvalue weighted by Crippen LogP contribution is -2.01. The molecule has 0 N–H and O–H groups in total. The Bertz CT molecular complexity index is 506. The van der Waals surface area contributed by atoms with Crippen molar-refractivity contribution in [2.45, 2.75) is 40.0 Å². The van der Waals surface area contributed by atoms with Crippen molar-refractivity contribution in [2.24, 2.45) is 0 Å². The first-order valence-electron chi connectivity index (χ1n) is 7.59. The topological polar surface area (TPSA) is 44.8 Å². The SMILES string of the molecule is CCCCC(F)=C(OP(=O)(OCC)OCC)c1ccccc1. The average molecular weight is 330 g/mol. The Hall–Kier alpha value is -1.16. The molecule has 1 aromatic rings. The zero-order valence-corrected chi connectivity index (χ0v) is 14.3. The van der Waals surface area contributed by atoms with Crippen LogP contribution in [0.3, 0.4) is 0 Å². The van der Waals surface area contributed by atoms with Crippen LogP contribution in [0.5, 0.6) is 0 Å². The van der Waals surface area contributed by atoms with Gasteiger partial charge in [0.15, 0.2) is 5.76 Å². The van der Waals surface area contributed by atoms with Crippen molar-refractivity contribution in [3.8, 4) is 0 Å². The fourth-order valence-electron chi connectivity index (χ4n) is 1.81. The predicted octanol–water partition coefficient (Wildman–Crippen LogP) is 5.71. The molecule has 0 spiro atoms. The van der Waals surface area contributed by atoms with Crippen LogP contribution in [0.15, 0.2) is 36.2 Å². The molecule has 0 bridgehead atoms. The first kappa shape index (κ1) is 18.9. The lowest BCUT2D eigenvalue weighted by Gasteiger charge is -2.20. The second kappa shape index (κ2) is 9.78. The van der Waals surface area contributed by atoms with Gasteiger partial charge in [0, 0.05) is 12.0 Å². The standard InChI is InChI=1S/C16H24FO4P/c1-4-7-13-15(17)16(14-11-9-8-10-12-14)21-22(18,19-5-2)20-6-3/h8-12H,4-7,13H2,1-3H3. The smallest absolute Gasteiger partial charge is 0.401 e. The van der Waals surface area contributed by atoms with Crippen LogP contribution in [0.2, 0.25) is 0 Å². The summed E-state index contributed by atoms with van der Waals surface area (Å²) in [5.41, 5.74) is 0.510. The van der Waals surface area contributed by atoms with E-state index in [0.717, 1.165) is 6.42 Å². The van der Waals surface area contributed by atoms with E-state index >= 15 is 0 Å². The summed E-state index contributed by atoms with van der Waals surface area (Å²) in [5.74, 6) is -0.521. The number of phosphoric acid groups is 1. The Balaban J connectivity index is 3.12. The Morgan fingerprint density at radius 2 is 1.68 bits per heavy atom. The molecule has 0 aliphatic carbocycles. The van der Waals surface area contributed by atoms with E-state index in [2.05, 4.69) is 0 Å². The van der Waals surface area contributed by atoms with Crippen molar-refractivity contribution in [1.82, 2.24) is 0 Å². The maximum atomic E-state index is 14.5. The minimum atomic E-state index is -3.82. The van der Waals surface area contributed by atoms with E-state index in [-0.39, 0.29) is 25.4 Å². The zero-order valence-electron chi connectivity index (χ0n) is 13.4. The van der Waals surface area contributed by atoms with Crippen molar-refractivity contribution in [1.29, 1.82) is 0 Å². The molecule has 0 heterocycles. The van der Waals surface area contributed by atoms with Gasteiger partial charge in [-0.2, -0.15) is 0 Å². The zero-order chi connectivity index (χ0) is 16.4. The third-order valence-electron chi connectivity index (χ3n) is 2.81. The number of hydrogen-bond donors (Lipinski definition) is 0. The number of halogens is 1. The fraction of sp³-hybridized carbons (Fsp3) is 0.500. The van der Waals surface area contributed by atoms with Gasteiger partial charge in [-0.25, -0.2) is 8.96 Å². The highest BCUT2D eigenvalue weighted by molar-refractivity contribution is 7.48. The number of phosphoric ester groups is 1. The van der Waals surface area contributed by atoms with Crippen LogP contribution in [0.1, 0.15) is 45.6 Å². The minimum Gasteiger partial charge on any atom is -0.401 e. The van der Waals surface area contributed by atoms with Crippen molar-refractivity contribution in [3.05, 3.63) is 41.7 Å². The van der Waals surface area contributed by atoms with Gasteiger partial charge in [-0.1, -0.05) is 43.7 Å². The number of allylic oxidation sites excluding steroid dienone is 1. The van der Waals surface area contributed by atoms with Crippen LogP contribution < -0.4 is 0 Å². The van der Waals surface area contributed by atoms with Crippen LogP contribution in [0, 0.1) is 0 Å². The van der Waals surface area contributed by atoms with E-state index < -0.39 is 13.6 Å². The van der Waals surface area contributed by atoms with E-state index in [1.54, 1.807) is 38.1 Å². The van der Waals surface area contributed by atoms with Gasteiger partial charge in [-0.15, -0.1) is 0 Å². The summed E-state index contributed by atoms with van der Waals surface area (Å²) in [6, 6.07) is 8.73. The van der Waals surface area contributed by atoms with Gasteiger partial charge in [0.05, 0.1) is 13.2 Å². The number of unbranched alkanes of at least 4 members (excludes halogenated alkanes) is 1. The normalized spacial score (nSPS) is 12.9. The lowest BCUT2D eigenvalue weighted by atomic mass is 10.1. The molecular formula is C16H24FO4P. The second-order valence-electron chi connectivity index (χ2n) is 4.58. The Morgan fingerprint density at radius 3 is 2.18 bits per heavy atom. The molecule has 1 rings (SSSR count). The highest BCUT2D eigenvalue weighted by atomic mass is 31.2. The molecule has 0 radical (unpaired) electrons. The molecule has 6 heteroatoms. The van der Waals surface area contributed by atoms with E-state index in [1.165, 1.54) is 0 Å². The van der Waals surface area contributed by atoms with Crippen LogP contribution in [0.25, 0.3) is 5.76 Å². The molecule has 0 unspecified atom stereocenters. The first-order chi connectivity index (χ1) is 10.6. The molecule has 0 amide bonds. The molecule has 4 nitrogen and oxygen atoms in total. The van der Waals surface area contributed by atoms with E-state index in [0.29, 0.717) is 12.0 Å². The van der Waals surface area contributed by atoms with Gasteiger partial charge in [-0.3, -0.25) is 9.05 Å². The molecule has 124 valence electrons. The predicted molar refractivity (Wildman–Crippen MR) is 85.9 cm³/mol. The van der Waals surface area contributed by atoms with Gasteiger partial charge in [0.1, 0.15) is 5.83 Å². The van der Waals surface area contributed by atoms with E-state index in [4.69, 9.17) is 13.6 Å². The monoisotopic (exact) mass is 330 g/mol. The van der Waals surface area contributed by atoms with Gasteiger partial charge in [0.25, 0.3) is 0 Å². The molecule has 22 heavy (non-hydrogen) atoms. The van der Waals surface area contributed by atoms with Gasteiger partial charge < -0.3 is 4.52 Å². The quantitative estimate of drug-likeness (QED) is 0.407. The number of benzene rings is 1. The summed E-state index contributed by atoms with van der Waals surface area (Å²) < 4.78 is 42.5. The summed E-state index contributed by atoms with van der Waals surface area (Å²) in [4.78, 5) is 0. The molecule has 0 aliphatic rings. The summed E-state index contributed by atoms with van der Waals surface area (Å²) >= 11 is 0. The largest absolute Gasteiger partial charge is 0.530 e. The molecule has 1 aromatic carbocycles. The number of rotatable bonds is 10. The first-order valence-corrected chi connectivity index (χ1v) is 9.05. The molecule has 0 atom stereocenters. The molecule has 0 saturated heterocycles. The highest BCUT2D eigenvalue weighted by Crippen LogP contribution is 2.53. The molecule has 0 aromatic heterocycles. The second-order valence-corrected chi connectivity index (χ2v) is 6.17. The van der Waals surface area contributed by atoms with E-state index in [1.807, 2.05) is 13.0 Å². The van der Waals surface area contributed by atoms with E-state index in [9.17, 15) is 8.96 Å². The summed E-state index contributed by atoms with van der Waals surface area (Å²) in [5, 5.41) is 0. The van der Waals surface area contributed by atoms with Gasteiger partial charge >= 0.3 is 7.82 Å². The van der Waals surface area contributed by atoms with Crippen molar-refractivity contribution >= 4 is 13.6 Å². The molecule has 0 fully saturated rings.